The molecule has 2 heterocycles. The van der Waals surface area contributed by atoms with Crippen LogP contribution in [0.3, 0.4) is 0 Å². The van der Waals surface area contributed by atoms with Crippen molar-refractivity contribution >= 4 is 28.8 Å². The quantitative estimate of drug-likeness (QED) is 0.928. The first-order chi connectivity index (χ1) is 9.65. The van der Waals surface area contributed by atoms with Gasteiger partial charge < -0.3 is 10.0 Å². The van der Waals surface area contributed by atoms with Crippen molar-refractivity contribution in [2.24, 2.45) is 0 Å². The molecule has 0 spiro atoms. The third-order valence-electron chi connectivity index (χ3n) is 3.27. The molecule has 1 aromatic heterocycles. The number of amides is 1. The predicted octanol–water partition coefficient (Wildman–Crippen LogP) is 2.67. The molecule has 1 N–H and O–H groups in total. The first-order valence-electron chi connectivity index (χ1n) is 6.33. The molecule has 104 valence electrons. The monoisotopic (exact) mass is 308 g/mol. The van der Waals surface area contributed by atoms with E-state index >= 15 is 0 Å². The number of benzene rings is 1. The molecule has 0 bridgehead atoms. The Morgan fingerprint density at radius 2 is 2.25 bits per heavy atom. The van der Waals surface area contributed by atoms with E-state index in [9.17, 15) is 9.90 Å². The summed E-state index contributed by atoms with van der Waals surface area (Å²) in [6.07, 6.45) is 1.81. The Balaban J connectivity index is 1.84. The van der Waals surface area contributed by atoms with Crippen molar-refractivity contribution in [3.05, 3.63) is 40.4 Å². The molecular weight excluding hydrogens is 296 g/mol. The zero-order valence-corrected chi connectivity index (χ0v) is 12.2. The van der Waals surface area contributed by atoms with Gasteiger partial charge in [-0.2, -0.15) is 0 Å². The maximum atomic E-state index is 12.3. The van der Waals surface area contributed by atoms with Crippen molar-refractivity contribution in [3.8, 4) is 10.6 Å². The fourth-order valence-electron chi connectivity index (χ4n) is 2.21. The molecule has 6 heteroatoms. The first-order valence-corrected chi connectivity index (χ1v) is 7.52. The summed E-state index contributed by atoms with van der Waals surface area (Å²) < 4.78 is 0. The van der Waals surface area contributed by atoms with E-state index in [-0.39, 0.29) is 5.91 Å². The largest absolute Gasteiger partial charge is 0.391 e. The number of aliphatic hydroxyl groups is 1. The number of carbonyl (C=O) groups excluding carboxylic acids is 1. The number of rotatable bonds is 2. The van der Waals surface area contributed by atoms with Gasteiger partial charge in [0.1, 0.15) is 9.88 Å². The number of aromatic nitrogens is 1. The van der Waals surface area contributed by atoms with Crippen LogP contribution in [-0.4, -0.2) is 40.1 Å². The van der Waals surface area contributed by atoms with Crippen molar-refractivity contribution in [2.75, 3.05) is 13.1 Å². The van der Waals surface area contributed by atoms with Gasteiger partial charge in [0.15, 0.2) is 0 Å². The van der Waals surface area contributed by atoms with E-state index in [1.165, 1.54) is 11.3 Å². The van der Waals surface area contributed by atoms with Crippen LogP contribution < -0.4 is 0 Å². The summed E-state index contributed by atoms with van der Waals surface area (Å²) in [5.41, 5.74) is 0.833. The van der Waals surface area contributed by atoms with Crippen molar-refractivity contribution in [2.45, 2.75) is 12.5 Å². The van der Waals surface area contributed by atoms with Gasteiger partial charge in [0.2, 0.25) is 0 Å². The molecule has 1 amide bonds. The fourth-order valence-corrected chi connectivity index (χ4v) is 3.42. The Labute approximate surface area is 125 Å². The summed E-state index contributed by atoms with van der Waals surface area (Å²) >= 11 is 7.46. The summed E-state index contributed by atoms with van der Waals surface area (Å²) in [5, 5.41) is 10.8. The number of hydrogen-bond acceptors (Lipinski definition) is 4. The van der Waals surface area contributed by atoms with Gasteiger partial charge in [0.05, 0.1) is 17.3 Å². The number of carbonyl (C=O) groups is 1. The van der Waals surface area contributed by atoms with Crippen LogP contribution in [-0.2, 0) is 0 Å². The van der Waals surface area contributed by atoms with Gasteiger partial charge in [-0.3, -0.25) is 4.79 Å². The Bertz CT molecular complexity index is 644. The number of nitrogens with zero attached hydrogens (tertiary/aromatic N) is 2. The van der Waals surface area contributed by atoms with Crippen molar-refractivity contribution in [1.82, 2.24) is 9.88 Å². The Morgan fingerprint density at radius 3 is 2.95 bits per heavy atom. The van der Waals surface area contributed by atoms with Crippen LogP contribution in [0.5, 0.6) is 0 Å². The highest BCUT2D eigenvalue weighted by molar-refractivity contribution is 7.17. The van der Waals surface area contributed by atoms with E-state index in [1.54, 1.807) is 17.2 Å². The highest BCUT2D eigenvalue weighted by atomic mass is 35.5. The number of β-amino-alcohol motifs (C(OH)–C–C–N with tert-alkyl or cyclic N) is 1. The minimum atomic E-state index is -0.407. The van der Waals surface area contributed by atoms with Crippen LogP contribution in [0, 0.1) is 0 Å². The van der Waals surface area contributed by atoms with E-state index in [4.69, 9.17) is 11.6 Å². The SMILES string of the molecule is O=C(c1cnc(-c2ccccc2Cl)s1)N1CC[C@@H](O)C1. The van der Waals surface area contributed by atoms with Crippen LogP contribution in [0.15, 0.2) is 30.5 Å². The van der Waals surface area contributed by atoms with Crippen LogP contribution >= 0.6 is 22.9 Å². The van der Waals surface area contributed by atoms with Crippen LogP contribution in [0.2, 0.25) is 5.02 Å². The lowest BCUT2D eigenvalue weighted by Gasteiger charge is -2.13. The van der Waals surface area contributed by atoms with Gasteiger partial charge in [-0.1, -0.05) is 29.8 Å². The Kier molecular flexibility index (Phi) is 3.74. The van der Waals surface area contributed by atoms with E-state index < -0.39 is 6.10 Å². The van der Waals surface area contributed by atoms with E-state index in [2.05, 4.69) is 4.98 Å². The number of halogens is 1. The molecule has 4 nitrogen and oxygen atoms in total. The Morgan fingerprint density at radius 1 is 1.45 bits per heavy atom. The topological polar surface area (TPSA) is 53.4 Å². The molecule has 1 fully saturated rings. The zero-order chi connectivity index (χ0) is 14.1. The van der Waals surface area contributed by atoms with E-state index in [1.807, 2.05) is 18.2 Å². The molecule has 1 aliphatic rings. The molecule has 1 saturated heterocycles. The lowest BCUT2D eigenvalue weighted by atomic mass is 10.2. The van der Waals surface area contributed by atoms with Crippen LogP contribution in [0.4, 0.5) is 0 Å². The van der Waals surface area contributed by atoms with Gasteiger partial charge in [-0.25, -0.2) is 4.98 Å². The maximum Gasteiger partial charge on any atom is 0.265 e. The van der Waals surface area contributed by atoms with Gasteiger partial charge in [0.25, 0.3) is 5.91 Å². The third-order valence-corrected chi connectivity index (χ3v) is 4.62. The first kappa shape index (κ1) is 13.5. The molecule has 1 aromatic carbocycles. The zero-order valence-electron chi connectivity index (χ0n) is 10.6. The predicted molar refractivity (Wildman–Crippen MR) is 79.1 cm³/mol. The minimum absolute atomic E-state index is 0.0719. The highest BCUT2D eigenvalue weighted by Gasteiger charge is 2.26. The van der Waals surface area contributed by atoms with Gasteiger partial charge in [-0.05, 0) is 12.5 Å². The summed E-state index contributed by atoms with van der Waals surface area (Å²) in [5.74, 6) is -0.0719. The van der Waals surface area contributed by atoms with Crippen molar-refractivity contribution < 1.29 is 9.90 Å². The molecule has 3 rings (SSSR count). The van der Waals surface area contributed by atoms with Gasteiger partial charge in [-0.15, -0.1) is 11.3 Å². The molecule has 0 unspecified atom stereocenters. The smallest absolute Gasteiger partial charge is 0.265 e. The molecule has 0 saturated carbocycles. The minimum Gasteiger partial charge on any atom is -0.391 e. The fraction of sp³-hybridized carbons (Fsp3) is 0.286. The standard InChI is InChI=1S/C14H13ClN2O2S/c15-11-4-2-1-3-10(11)13-16-7-12(20-13)14(19)17-6-5-9(18)8-17/h1-4,7,9,18H,5-6,8H2/t9-/m1/s1. The van der Waals surface area contributed by atoms with Gasteiger partial charge >= 0.3 is 0 Å². The van der Waals surface area contributed by atoms with Crippen molar-refractivity contribution in [3.63, 3.8) is 0 Å². The third kappa shape index (κ3) is 2.57. The second-order valence-corrected chi connectivity index (χ2v) is 6.14. The molecule has 20 heavy (non-hydrogen) atoms. The summed E-state index contributed by atoms with van der Waals surface area (Å²) in [7, 11) is 0. The highest BCUT2D eigenvalue weighted by Crippen LogP contribution is 2.31. The summed E-state index contributed by atoms with van der Waals surface area (Å²) in [4.78, 5) is 18.8. The summed E-state index contributed by atoms with van der Waals surface area (Å²) in [6, 6.07) is 7.43. The molecule has 0 aliphatic carbocycles. The molecular formula is C14H13ClN2O2S. The molecule has 0 radical (unpaired) electrons. The number of thiazole rings is 1. The second-order valence-electron chi connectivity index (χ2n) is 4.70. The van der Waals surface area contributed by atoms with Crippen LogP contribution in [0.25, 0.3) is 10.6 Å². The second kappa shape index (κ2) is 5.52. The molecule has 1 aliphatic heterocycles. The van der Waals surface area contributed by atoms with Gasteiger partial charge in [0, 0.05) is 18.7 Å². The average Bonchev–Trinajstić information content (AvgIpc) is 3.07. The molecule has 2 aromatic rings. The van der Waals surface area contributed by atoms with Crippen molar-refractivity contribution in [1.29, 1.82) is 0 Å². The van der Waals surface area contributed by atoms with E-state index in [0.29, 0.717) is 29.4 Å². The number of likely N-dealkylation sites (tertiary alicyclic amines) is 1. The summed E-state index contributed by atoms with van der Waals surface area (Å²) in [6.45, 7) is 0.998. The Hall–Kier alpha value is -1.43. The lowest BCUT2D eigenvalue weighted by molar-refractivity contribution is 0.0769. The van der Waals surface area contributed by atoms with Crippen LogP contribution in [0.1, 0.15) is 16.1 Å². The normalized spacial score (nSPS) is 18.5. The number of aliphatic hydroxyl groups excluding tert-OH is 1. The molecule has 1 atom stereocenters. The number of hydrogen-bond donors (Lipinski definition) is 1. The lowest BCUT2D eigenvalue weighted by Crippen LogP contribution is -2.28. The maximum absolute atomic E-state index is 12.3. The average molecular weight is 309 g/mol. The van der Waals surface area contributed by atoms with E-state index in [0.717, 1.165) is 10.6 Å².